The number of ether oxygens (including phenoxy) is 2. The van der Waals surface area contributed by atoms with Gasteiger partial charge < -0.3 is 23.9 Å². The summed E-state index contributed by atoms with van der Waals surface area (Å²) < 4.78 is 45.0. The highest BCUT2D eigenvalue weighted by molar-refractivity contribution is 7.89. The van der Waals surface area contributed by atoms with E-state index >= 15 is 0 Å². The molecule has 0 radical (unpaired) electrons. The van der Waals surface area contributed by atoms with Crippen molar-refractivity contribution in [3.63, 3.8) is 0 Å². The van der Waals surface area contributed by atoms with E-state index in [1.807, 2.05) is 6.08 Å². The third kappa shape index (κ3) is 6.71. The van der Waals surface area contributed by atoms with E-state index in [-0.39, 0.29) is 52.3 Å². The monoisotopic (exact) mass is 685 g/mol. The van der Waals surface area contributed by atoms with Crippen LogP contribution in [-0.4, -0.2) is 78.3 Å². The molecular weight excluding hydrogens is 639 g/mol. The maximum atomic E-state index is 14.2. The molecular formula is C34H47N3O8SSi. The molecule has 2 aliphatic rings. The zero-order chi connectivity index (χ0) is 34.8. The molecule has 13 heteroatoms. The molecule has 2 heterocycles. The van der Waals surface area contributed by atoms with Crippen LogP contribution in [0.2, 0.25) is 16.6 Å². The summed E-state index contributed by atoms with van der Waals surface area (Å²) in [6.07, 6.45) is 1.15. The van der Waals surface area contributed by atoms with Crippen molar-refractivity contribution in [3.05, 3.63) is 66.3 Å². The molecule has 0 aromatic heterocycles. The molecule has 0 bridgehead atoms. The first-order chi connectivity index (χ1) is 22.1. The van der Waals surface area contributed by atoms with Crippen LogP contribution in [0.1, 0.15) is 63.9 Å². The van der Waals surface area contributed by atoms with E-state index < -0.39 is 42.6 Å². The number of fused-ring (bicyclic) bond motifs is 2. The lowest BCUT2D eigenvalue weighted by atomic mass is 9.93. The number of rotatable bonds is 11. The lowest BCUT2D eigenvalue weighted by Gasteiger charge is -2.42. The summed E-state index contributed by atoms with van der Waals surface area (Å²) in [6, 6.07) is 8.72. The number of nitrogens with zero attached hydrogens (tertiary/aromatic N) is 2. The number of hydrogen-bond acceptors (Lipinski definition) is 8. The Hall–Kier alpha value is -3.65. The Morgan fingerprint density at radius 1 is 1.09 bits per heavy atom. The third-order valence-electron chi connectivity index (χ3n) is 9.32. The normalized spacial score (nSPS) is 18.5. The molecule has 2 aliphatic heterocycles. The van der Waals surface area contributed by atoms with Gasteiger partial charge >= 0.3 is 6.09 Å². The van der Waals surface area contributed by atoms with Gasteiger partial charge in [0, 0.05) is 12.6 Å². The highest BCUT2D eigenvalue weighted by atomic mass is 32.2. The second kappa shape index (κ2) is 14.2. The molecule has 2 aromatic carbocycles. The van der Waals surface area contributed by atoms with E-state index in [2.05, 4.69) is 52.8 Å². The number of anilines is 1. The molecule has 4 rings (SSSR count). The van der Waals surface area contributed by atoms with Gasteiger partial charge in [0.1, 0.15) is 12.4 Å². The Labute approximate surface area is 279 Å². The first kappa shape index (κ1) is 36.2. The molecule has 11 nitrogen and oxygen atoms in total. The van der Waals surface area contributed by atoms with Gasteiger partial charge in [0.2, 0.25) is 10.0 Å². The van der Waals surface area contributed by atoms with Crippen LogP contribution in [0.3, 0.4) is 0 Å². The molecule has 1 unspecified atom stereocenters. The van der Waals surface area contributed by atoms with Crippen LogP contribution < -0.4 is 18.8 Å². The van der Waals surface area contributed by atoms with E-state index in [1.54, 1.807) is 24.3 Å². The minimum absolute atomic E-state index is 0.101. The van der Waals surface area contributed by atoms with E-state index in [4.69, 9.17) is 13.9 Å². The van der Waals surface area contributed by atoms with Gasteiger partial charge in [0.25, 0.3) is 14.2 Å². The van der Waals surface area contributed by atoms with Crippen molar-refractivity contribution in [1.82, 2.24) is 9.62 Å². The fraction of sp³-hybridized carbons (Fsp3) is 0.471. The van der Waals surface area contributed by atoms with Crippen LogP contribution >= 0.6 is 0 Å². The van der Waals surface area contributed by atoms with Crippen molar-refractivity contribution >= 4 is 41.6 Å². The van der Waals surface area contributed by atoms with Crippen molar-refractivity contribution in [2.45, 2.75) is 81.8 Å². The Morgan fingerprint density at radius 3 is 2.23 bits per heavy atom. The molecule has 2 aromatic rings. The molecule has 0 saturated carbocycles. The largest absolute Gasteiger partial charge is 0.540 e. The molecule has 0 spiro atoms. The SMILES string of the molecule is C=CCOC(=O)N1c2cc(O[Si](C(C)C)(C(C)C)C(C)C)c(OC)cc2C(=O)N2CC=C(c3ccc(S(=O)(=O)NC)cc3)C[C@H]2C1O. The summed E-state index contributed by atoms with van der Waals surface area (Å²) in [6.45, 7) is 16.6. The maximum Gasteiger partial charge on any atom is 0.416 e. The predicted molar refractivity (Wildman–Crippen MR) is 185 cm³/mol. The third-order valence-corrected chi connectivity index (χ3v) is 16.7. The number of sulfonamides is 1. The smallest absolute Gasteiger partial charge is 0.416 e. The van der Waals surface area contributed by atoms with Crippen LogP contribution in [0.4, 0.5) is 10.5 Å². The summed E-state index contributed by atoms with van der Waals surface area (Å²) in [4.78, 5) is 30.7. The number of methoxy groups -OCH3 is 1. The summed E-state index contributed by atoms with van der Waals surface area (Å²) in [5.74, 6) is 0.359. The van der Waals surface area contributed by atoms with E-state index in [0.29, 0.717) is 11.5 Å². The van der Waals surface area contributed by atoms with E-state index in [1.165, 1.54) is 37.3 Å². The zero-order valence-corrected chi connectivity index (χ0v) is 30.3. The van der Waals surface area contributed by atoms with Crippen molar-refractivity contribution in [2.75, 3.05) is 32.2 Å². The Kier molecular flexibility index (Phi) is 11.0. The van der Waals surface area contributed by atoms with Crippen molar-refractivity contribution in [1.29, 1.82) is 0 Å². The van der Waals surface area contributed by atoms with Gasteiger partial charge in [-0.3, -0.25) is 4.79 Å². The number of amides is 2. The summed E-state index contributed by atoms with van der Waals surface area (Å²) in [5.41, 5.74) is 2.55. The quantitative estimate of drug-likeness (QED) is 0.220. The number of hydrogen-bond donors (Lipinski definition) is 2. The lowest BCUT2D eigenvalue weighted by molar-refractivity contribution is 0.0397. The fourth-order valence-corrected chi connectivity index (χ4v) is 13.0. The number of carbonyl (C=O) groups excluding carboxylic acids is 2. The van der Waals surface area contributed by atoms with Gasteiger partial charge in [-0.1, -0.05) is 72.4 Å². The average Bonchev–Trinajstić information content (AvgIpc) is 3.13. The zero-order valence-electron chi connectivity index (χ0n) is 28.4. The van der Waals surface area contributed by atoms with Crippen LogP contribution in [0, 0.1) is 0 Å². The number of aliphatic hydroxyl groups is 1. The Balaban J connectivity index is 1.83. The molecule has 47 heavy (non-hydrogen) atoms. The molecule has 2 atom stereocenters. The summed E-state index contributed by atoms with van der Waals surface area (Å²) in [7, 11) is -3.28. The van der Waals surface area contributed by atoms with Crippen molar-refractivity contribution in [2.24, 2.45) is 0 Å². The van der Waals surface area contributed by atoms with Crippen LogP contribution in [0.5, 0.6) is 11.5 Å². The van der Waals surface area contributed by atoms with Crippen LogP contribution in [0.15, 0.2) is 60.0 Å². The summed E-state index contributed by atoms with van der Waals surface area (Å²) >= 11 is 0. The minimum atomic E-state index is -3.62. The standard InChI is InChI=1S/C34H47N3O8SSi/c1-10-17-44-34(40)37-28-20-31(45-47(21(2)3,22(4)5)23(6)7)30(43-9)19-27(28)32(38)36-16-15-25(18-29(36)33(37)39)24-11-13-26(14-12-24)46(41,42)35-8/h10-15,19-23,29,33,35,39H,1,16-18H2,2-9H3/t29-,33?/m0/s1. The Morgan fingerprint density at radius 2 is 1.70 bits per heavy atom. The molecule has 256 valence electrons. The fourth-order valence-electron chi connectivity index (χ4n) is 7.04. The molecule has 0 saturated heterocycles. The highest BCUT2D eigenvalue weighted by Gasteiger charge is 2.49. The van der Waals surface area contributed by atoms with Gasteiger partial charge in [-0.2, -0.15) is 0 Å². The van der Waals surface area contributed by atoms with Gasteiger partial charge in [-0.15, -0.1) is 0 Å². The lowest BCUT2D eigenvalue weighted by Crippen LogP contribution is -2.54. The van der Waals surface area contributed by atoms with E-state index in [0.717, 1.165) is 16.0 Å². The van der Waals surface area contributed by atoms with Gasteiger partial charge in [-0.05, 0) is 59.4 Å². The van der Waals surface area contributed by atoms with Gasteiger partial charge in [-0.25, -0.2) is 22.8 Å². The highest BCUT2D eigenvalue weighted by Crippen LogP contribution is 2.47. The molecule has 0 fully saturated rings. The Bertz CT molecular complexity index is 1620. The topological polar surface area (TPSA) is 135 Å². The number of carbonyl (C=O) groups is 2. The predicted octanol–water partition coefficient (Wildman–Crippen LogP) is 5.92. The molecule has 2 N–H and O–H groups in total. The van der Waals surface area contributed by atoms with Gasteiger partial charge in [0.05, 0.1) is 29.3 Å². The van der Waals surface area contributed by atoms with Crippen molar-refractivity contribution in [3.8, 4) is 11.5 Å². The molecule has 0 aliphatic carbocycles. The van der Waals surface area contributed by atoms with E-state index in [9.17, 15) is 23.1 Å². The van der Waals surface area contributed by atoms with Gasteiger partial charge in [0.15, 0.2) is 12.0 Å². The first-order valence-electron chi connectivity index (χ1n) is 15.8. The second-order valence-corrected chi connectivity index (χ2v) is 20.0. The minimum Gasteiger partial charge on any atom is -0.540 e. The average molecular weight is 686 g/mol. The molecule has 2 amide bonds. The van der Waals surface area contributed by atoms with Crippen molar-refractivity contribution < 1.29 is 37.0 Å². The number of nitrogens with one attached hydrogen (secondary N) is 1. The van der Waals surface area contributed by atoms with Crippen LogP contribution in [-0.2, 0) is 14.8 Å². The van der Waals surface area contributed by atoms with Crippen LogP contribution in [0.25, 0.3) is 5.57 Å². The first-order valence-corrected chi connectivity index (χ1v) is 19.5. The number of aliphatic hydroxyl groups excluding tert-OH is 1. The second-order valence-electron chi connectivity index (χ2n) is 12.8. The number of benzene rings is 2. The summed E-state index contributed by atoms with van der Waals surface area (Å²) in [5, 5.41) is 12.0. The maximum absolute atomic E-state index is 14.2.